The van der Waals surface area contributed by atoms with Gasteiger partial charge in [0.1, 0.15) is 11.5 Å². The fourth-order valence-corrected chi connectivity index (χ4v) is 2.86. The van der Waals surface area contributed by atoms with Crippen LogP contribution in [0.4, 0.5) is 0 Å². The third-order valence-corrected chi connectivity index (χ3v) is 4.26. The quantitative estimate of drug-likeness (QED) is 0.807. The van der Waals surface area contributed by atoms with Crippen LogP contribution in [0.3, 0.4) is 0 Å². The lowest BCUT2D eigenvalue weighted by atomic mass is 9.90. The molecule has 23 heavy (non-hydrogen) atoms. The molecule has 2 rings (SSSR count). The molecular weight excluding hydrogens is 310 g/mol. The highest BCUT2D eigenvalue weighted by molar-refractivity contribution is 7.98. The zero-order valence-corrected chi connectivity index (χ0v) is 14.1. The second-order valence-electron chi connectivity index (χ2n) is 5.08. The van der Waals surface area contributed by atoms with Crippen LogP contribution in [0.1, 0.15) is 12.0 Å². The minimum Gasteiger partial charge on any atom is -0.497 e. The number of ether oxygens (including phenoxy) is 2. The van der Waals surface area contributed by atoms with E-state index in [-0.39, 0.29) is 0 Å². The number of hydrogen-bond acceptors (Lipinski definition) is 4. The molecule has 2 aromatic carbocycles. The highest BCUT2D eigenvalue weighted by Gasteiger charge is 2.40. The van der Waals surface area contributed by atoms with E-state index in [1.165, 1.54) is 0 Å². The van der Waals surface area contributed by atoms with Crippen molar-refractivity contribution in [2.75, 3.05) is 19.1 Å². The van der Waals surface area contributed by atoms with Crippen molar-refractivity contribution in [3.8, 4) is 11.5 Å². The molecule has 1 unspecified atom stereocenters. The first-order valence-corrected chi connectivity index (χ1v) is 8.69. The summed E-state index contributed by atoms with van der Waals surface area (Å²) >= 11 is 1.65. The average molecular weight is 331 g/mol. The molecule has 122 valence electrons. The maximum atomic E-state index is 12.3. The molecule has 0 aromatic heterocycles. The first kappa shape index (κ1) is 17.2. The normalized spacial score (nSPS) is 13.1. The van der Waals surface area contributed by atoms with Gasteiger partial charge in [0.15, 0.2) is 0 Å². The molecule has 2 N–H and O–H groups in total. The number of amides is 1. The number of thioether (sulfide) groups is 1. The number of carbonyl (C=O) groups is 1. The van der Waals surface area contributed by atoms with Gasteiger partial charge in [-0.3, -0.25) is 4.79 Å². The highest BCUT2D eigenvalue weighted by atomic mass is 32.2. The van der Waals surface area contributed by atoms with Gasteiger partial charge in [0.05, 0.1) is 7.11 Å². The van der Waals surface area contributed by atoms with Crippen molar-refractivity contribution in [1.82, 2.24) is 0 Å². The SMILES string of the molecule is COc1ccc(OC(CCSC)(C(N)=O)c2ccccc2)cc1. The van der Waals surface area contributed by atoms with Gasteiger partial charge in [0.25, 0.3) is 5.91 Å². The summed E-state index contributed by atoms with van der Waals surface area (Å²) in [5.74, 6) is 1.57. The van der Waals surface area contributed by atoms with Crippen LogP contribution in [0.25, 0.3) is 0 Å². The van der Waals surface area contributed by atoms with E-state index in [2.05, 4.69) is 0 Å². The van der Waals surface area contributed by atoms with Crippen molar-refractivity contribution < 1.29 is 14.3 Å². The fraction of sp³-hybridized carbons (Fsp3) is 0.278. The van der Waals surface area contributed by atoms with E-state index < -0.39 is 11.5 Å². The molecule has 4 nitrogen and oxygen atoms in total. The molecule has 2 aromatic rings. The van der Waals surface area contributed by atoms with Gasteiger partial charge in [0, 0.05) is 12.0 Å². The zero-order chi connectivity index (χ0) is 16.7. The summed E-state index contributed by atoms with van der Waals surface area (Å²) in [4.78, 5) is 12.3. The van der Waals surface area contributed by atoms with E-state index in [0.717, 1.165) is 17.1 Å². The number of nitrogens with two attached hydrogens (primary N) is 1. The Balaban J connectivity index is 2.40. The predicted octanol–water partition coefficient (Wildman–Crippen LogP) is 3.21. The number of carbonyl (C=O) groups excluding carboxylic acids is 1. The van der Waals surface area contributed by atoms with Gasteiger partial charge in [-0.05, 0) is 36.3 Å². The van der Waals surface area contributed by atoms with Crippen LogP contribution in [0, 0.1) is 0 Å². The largest absolute Gasteiger partial charge is 0.497 e. The third-order valence-electron chi connectivity index (χ3n) is 3.65. The summed E-state index contributed by atoms with van der Waals surface area (Å²) < 4.78 is 11.3. The molecule has 1 atom stereocenters. The minimum atomic E-state index is -1.18. The minimum absolute atomic E-state index is 0.492. The average Bonchev–Trinajstić information content (AvgIpc) is 2.59. The summed E-state index contributed by atoms with van der Waals surface area (Å²) in [6.45, 7) is 0. The lowest BCUT2D eigenvalue weighted by molar-refractivity contribution is -0.134. The number of methoxy groups -OCH3 is 1. The first-order valence-electron chi connectivity index (χ1n) is 7.30. The Morgan fingerprint density at radius 3 is 2.22 bits per heavy atom. The standard InChI is InChI=1S/C18H21NO3S/c1-21-15-8-10-16(11-9-15)22-18(17(19)20,12-13-23-2)14-6-4-3-5-7-14/h3-11H,12-13H2,1-2H3,(H2,19,20). The van der Waals surface area contributed by atoms with E-state index in [4.69, 9.17) is 15.2 Å². The smallest absolute Gasteiger partial charge is 0.266 e. The van der Waals surface area contributed by atoms with E-state index in [1.54, 1.807) is 43.1 Å². The number of primary amides is 1. The molecule has 1 amide bonds. The predicted molar refractivity (Wildman–Crippen MR) is 93.9 cm³/mol. The molecule has 0 aliphatic rings. The Bertz CT molecular complexity index is 630. The van der Waals surface area contributed by atoms with Gasteiger partial charge in [-0.2, -0.15) is 11.8 Å². The summed E-state index contributed by atoms with van der Waals surface area (Å²) in [7, 11) is 1.60. The number of hydrogen-bond donors (Lipinski definition) is 1. The Morgan fingerprint density at radius 1 is 1.09 bits per heavy atom. The number of rotatable bonds is 8. The second kappa shape index (κ2) is 7.92. The van der Waals surface area contributed by atoms with Crippen LogP contribution >= 0.6 is 11.8 Å². The van der Waals surface area contributed by atoms with Crippen molar-refractivity contribution in [2.24, 2.45) is 5.73 Å². The number of benzene rings is 2. The van der Waals surface area contributed by atoms with Gasteiger partial charge < -0.3 is 15.2 Å². The third kappa shape index (κ3) is 3.99. The van der Waals surface area contributed by atoms with Gasteiger partial charge in [-0.1, -0.05) is 30.3 Å². The molecule has 0 aliphatic heterocycles. The summed E-state index contributed by atoms with van der Waals surface area (Å²) in [5, 5.41) is 0. The molecule has 0 bridgehead atoms. The molecule has 0 radical (unpaired) electrons. The molecule has 0 aliphatic carbocycles. The topological polar surface area (TPSA) is 61.6 Å². The maximum absolute atomic E-state index is 12.3. The zero-order valence-electron chi connectivity index (χ0n) is 13.3. The van der Waals surface area contributed by atoms with E-state index in [9.17, 15) is 4.79 Å². The highest BCUT2D eigenvalue weighted by Crippen LogP contribution is 2.33. The molecule has 0 saturated carbocycles. The van der Waals surface area contributed by atoms with Gasteiger partial charge in [0.2, 0.25) is 5.60 Å². The van der Waals surface area contributed by atoms with E-state index in [0.29, 0.717) is 12.2 Å². The van der Waals surface area contributed by atoms with Crippen LogP contribution < -0.4 is 15.2 Å². The van der Waals surface area contributed by atoms with Gasteiger partial charge >= 0.3 is 0 Å². The molecule has 5 heteroatoms. The van der Waals surface area contributed by atoms with E-state index >= 15 is 0 Å². The van der Waals surface area contributed by atoms with Gasteiger partial charge in [-0.25, -0.2) is 0 Å². The van der Waals surface area contributed by atoms with Crippen molar-refractivity contribution >= 4 is 17.7 Å². The van der Waals surface area contributed by atoms with Crippen molar-refractivity contribution in [3.05, 3.63) is 60.2 Å². The van der Waals surface area contributed by atoms with Crippen LogP contribution in [0.15, 0.2) is 54.6 Å². The van der Waals surface area contributed by atoms with Gasteiger partial charge in [-0.15, -0.1) is 0 Å². The van der Waals surface area contributed by atoms with Crippen LogP contribution in [-0.2, 0) is 10.4 Å². The molecule has 0 heterocycles. The van der Waals surface area contributed by atoms with Crippen molar-refractivity contribution in [1.29, 1.82) is 0 Å². The molecule has 0 saturated heterocycles. The van der Waals surface area contributed by atoms with Crippen molar-refractivity contribution in [3.63, 3.8) is 0 Å². The second-order valence-corrected chi connectivity index (χ2v) is 6.06. The Labute approximate surface area is 141 Å². The monoisotopic (exact) mass is 331 g/mol. The summed E-state index contributed by atoms with van der Waals surface area (Å²) in [5.41, 5.74) is 5.33. The van der Waals surface area contributed by atoms with Crippen LogP contribution in [0.2, 0.25) is 0 Å². The molecular formula is C18H21NO3S. The maximum Gasteiger partial charge on any atom is 0.266 e. The summed E-state index contributed by atoms with van der Waals surface area (Å²) in [6, 6.07) is 16.5. The lowest BCUT2D eigenvalue weighted by Crippen LogP contribution is -2.46. The van der Waals surface area contributed by atoms with Crippen LogP contribution in [-0.4, -0.2) is 25.0 Å². The van der Waals surface area contributed by atoms with Crippen LogP contribution in [0.5, 0.6) is 11.5 Å². The summed E-state index contributed by atoms with van der Waals surface area (Å²) in [6.07, 6.45) is 2.49. The molecule has 0 fully saturated rings. The fourth-order valence-electron chi connectivity index (χ4n) is 2.37. The Kier molecular flexibility index (Phi) is 5.93. The Hall–Kier alpha value is -2.14. The first-order chi connectivity index (χ1) is 11.1. The van der Waals surface area contributed by atoms with E-state index in [1.807, 2.05) is 36.6 Å². The molecule has 0 spiro atoms. The lowest BCUT2D eigenvalue weighted by Gasteiger charge is -2.32. The Morgan fingerprint density at radius 2 is 1.70 bits per heavy atom. The van der Waals surface area contributed by atoms with Crippen molar-refractivity contribution in [2.45, 2.75) is 12.0 Å².